The number of para-hydroxylation sites is 1. The van der Waals surface area contributed by atoms with E-state index in [0.717, 1.165) is 17.7 Å². The molecule has 3 nitrogen and oxygen atoms in total. The van der Waals surface area contributed by atoms with Gasteiger partial charge in [-0.15, -0.1) is 0 Å². The van der Waals surface area contributed by atoms with Gasteiger partial charge < -0.3 is 10.2 Å². The van der Waals surface area contributed by atoms with Crippen LogP contribution in [-0.4, -0.2) is 18.1 Å². The van der Waals surface area contributed by atoms with Crippen LogP contribution in [0.25, 0.3) is 6.08 Å². The minimum Gasteiger partial charge on any atom is -0.335 e. The van der Waals surface area contributed by atoms with Crippen LogP contribution in [0.3, 0.4) is 0 Å². The lowest BCUT2D eigenvalue weighted by atomic mass is 9.75. The van der Waals surface area contributed by atoms with Crippen molar-refractivity contribution in [2.75, 3.05) is 11.4 Å². The number of hydrogen-bond acceptors (Lipinski definition) is 2. The molecule has 0 saturated carbocycles. The molecular weight excluding hydrogens is 308 g/mol. The zero-order valence-corrected chi connectivity index (χ0v) is 15.0. The smallest absolute Gasteiger partial charge is 0.241 e. The highest BCUT2D eigenvalue weighted by atomic mass is 16.2. The monoisotopic (exact) mass is 332 g/mol. The Morgan fingerprint density at radius 2 is 1.84 bits per heavy atom. The quantitative estimate of drug-likeness (QED) is 0.925. The van der Waals surface area contributed by atoms with Crippen molar-refractivity contribution in [1.82, 2.24) is 5.32 Å². The highest BCUT2D eigenvalue weighted by molar-refractivity contribution is 5.91. The van der Waals surface area contributed by atoms with Crippen LogP contribution < -0.4 is 10.2 Å². The summed E-state index contributed by atoms with van der Waals surface area (Å²) in [6, 6.07) is 17.0. The van der Waals surface area contributed by atoms with Gasteiger partial charge in [-0.1, -0.05) is 69.3 Å². The second-order valence-corrected chi connectivity index (χ2v) is 7.47. The van der Waals surface area contributed by atoms with Gasteiger partial charge in [0.15, 0.2) is 0 Å². The number of fused-ring (bicyclic) bond motifs is 3. The Kier molecular flexibility index (Phi) is 3.50. The van der Waals surface area contributed by atoms with Crippen LogP contribution in [0.5, 0.6) is 0 Å². The number of amides is 1. The highest BCUT2D eigenvalue weighted by Crippen LogP contribution is 2.52. The first kappa shape index (κ1) is 15.9. The fourth-order valence-electron chi connectivity index (χ4n) is 4.22. The Labute approximate surface area is 149 Å². The van der Waals surface area contributed by atoms with E-state index >= 15 is 0 Å². The van der Waals surface area contributed by atoms with Crippen LogP contribution in [-0.2, 0) is 16.6 Å². The number of rotatable bonds is 3. The molecule has 1 unspecified atom stereocenters. The minimum absolute atomic E-state index is 0.0774. The van der Waals surface area contributed by atoms with Gasteiger partial charge in [0, 0.05) is 11.1 Å². The zero-order chi connectivity index (χ0) is 17.7. The number of nitrogens with zero attached hydrogens (tertiary/aromatic N) is 1. The SMILES string of the molecule is CCc1ccc(C=CC23NC(=O)CN2c2ccccc2C3(C)C)cc1. The first-order valence-electron chi connectivity index (χ1n) is 8.94. The van der Waals surface area contributed by atoms with Crippen LogP contribution in [0.2, 0.25) is 0 Å². The van der Waals surface area contributed by atoms with Gasteiger partial charge in [0.2, 0.25) is 5.91 Å². The van der Waals surface area contributed by atoms with E-state index in [1.807, 2.05) is 6.07 Å². The average Bonchev–Trinajstić information content (AvgIpc) is 3.05. The van der Waals surface area contributed by atoms with Gasteiger partial charge in [-0.05, 0) is 35.3 Å². The molecule has 0 radical (unpaired) electrons. The van der Waals surface area contributed by atoms with Crippen LogP contribution in [0, 0.1) is 0 Å². The summed E-state index contributed by atoms with van der Waals surface area (Å²) in [5.74, 6) is 0.0774. The van der Waals surface area contributed by atoms with E-state index < -0.39 is 5.66 Å². The van der Waals surface area contributed by atoms with E-state index in [-0.39, 0.29) is 11.3 Å². The summed E-state index contributed by atoms with van der Waals surface area (Å²) >= 11 is 0. The van der Waals surface area contributed by atoms with Crippen LogP contribution >= 0.6 is 0 Å². The minimum atomic E-state index is -0.517. The van der Waals surface area contributed by atoms with Gasteiger partial charge in [-0.3, -0.25) is 4.79 Å². The summed E-state index contributed by atoms with van der Waals surface area (Å²) in [6.07, 6.45) is 5.34. The molecule has 2 aromatic rings. The zero-order valence-electron chi connectivity index (χ0n) is 15.0. The number of nitrogens with one attached hydrogen (secondary N) is 1. The maximum Gasteiger partial charge on any atom is 0.241 e. The predicted octanol–water partition coefficient (Wildman–Crippen LogP) is 3.89. The van der Waals surface area contributed by atoms with E-state index in [9.17, 15) is 4.79 Å². The van der Waals surface area contributed by atoms with Crippen molar-refractivity contribution in [1.29, 1.82) is 0 Å². The molecule has 2 aliphatic rings. The fourth-order valence-corrected chi connectivity index (χ4v) is 4.22. The average molecular weight is 332 g/mol. The Hall–Kier alpha value is -2.55. The number of carbonyl (C=O) groups is 1. The van der Waals surface area contributed by atoms with Crippen molar-refractivity contribution in [3.05, 3.63) is 71.3 Å². The molecule has 1 amide bonds. The molecule has 3 heteroatoms. The van der Waals surface area contributed by atoms with Crippen LogP contribution in [0.4, 0.5) is 5.69 Å². The summed E-state index contributed by atoms with van der Waals surface area (Å²) < 4.78 is 0. The Bertz CT molecular complexity index is 851. The van der Waals surface area contributed by atoms with Gasteiger partial charge in [-0.25, -0.2) is 0 Å². The molecule has 1 saturated heterocycles. The van der Waals surface area contributed by atoms with Crippen molar-refractivity contribution in [2.45, 2.75) is 38.3 Å². The molecule has 1 atom stereocenters. The van der Waals surface area contributed by atoms with Crippen molar-refractivity contribution < 1.29 is 4.79 Å². The number of aryl methyl sites for hydroxylation is 1. The predicted molar refractivity (Wildman–Crippen MR) is 103 cm³/mol. The molecule has 0 bridgehead atoms. The van der Waals surface area contributed by atoms with Crippen molar-refractivity contribution in [3.8, 4) is 0 Å². The largest absolute Gasteiger partial charge is 0.335 e. The van der Waals surface area contributed by atoms with Crippen molar-refractivity contribution >= 4 is 17.7 Å². The van der Waals surface area contributed by atoms with Gasteiger partial charge in [-0.2, -0.15) is 0 Å². The summed E-state index contributed by atoms with van der Waals surface area (Å²) in [5, 5.41) is 3.26. The lowest BCUT2D eigenvalue weighted by Crippen LogP contribution is -2.58. The van der Waals surface area contributed by atoms with Gasteiger partial charge in [0.1, 0.15) is 5.66 Å². The number of benzene rings is 2. The number of hydrogen-bond donors (Lipinski definition) is 1. The molecule has 2 heterocycles. The third kappa shape index (κ3) is 2.22. The maximum absolute atomic E-state index is 12.3. The summed E-state index contributed by atoms with van der Waals surface area (Å²) in [4.78, 5) is 14.5. The molecule has 0 spiro atoms. The second kappa shape index (κ2) is 5.48. The van der Waals surface area contributed by atoms with E-state index in [1.54, 1.807) is 0 Å². The van der Waals surface area contributed by atoms with E-state index in [1.165, 1.54) is 11.1 Å². The number of anilines is 1. The topological polar surface area (TPSA) is 32.3 Å². The number of carbonyl (C=O) groups excluding carboxylic acids is 1. The van der Waals surface area contributed by atoms with Crippen LogP contribution in [0.1, 0.15) is 37.5 Å². The van der Waals surface area contributed by atoms with E-state index in [2.05, 4.69) is 85.6 Å². The molecule has 1 fully saturated rings. The molecule has 2 aliphatic heterocycles. The molecule has 4 rings (SSSR count). The lowest BCUT2D eigenvalue weighted by Gasteiger charge is -2.40. The summed E-state index contributed by atoms with van der Waals surface area (Å²) in [6.45, 7) is 6.98. The Morgan fingerprint density at radius 1 is 1.12 bits per heavy atom. The van der Waals surface area contributed by atoms with Crippen molar-refractivity contribution in [3.63, 3.8) is 0 Å². The second-order valence-electron chi connectivity index (χ2n) is 7.47. The van der Waals surface area contributed by atoms with Gasteiger partial charge in [0.05, 0.1) is 6.54 Å². The summed E-state index contributed by atoms with van der Waals surface area (Å²) in [7, 11) is 0. The molecule has 0 aromatic heterocycles. The van der Waals surface area contributed by atoms with Gasteiger partial charge >= 0.3 is 0 Å². The molecule has 128 valence electrons. The van der Waals surface area contributed by atoms with E-state index in [4.69, 9.17) is 0 Å². The third-order valence-corrected chi connectivity index (χ3v) is 5.78. The molecule has 25 heavy (non-hydrogen) atoms. The first-order valence-corrected chi connectivity index (χ1v) is 8.94. The molecule has 1 N–H and O–H groups in total. The Morgan fingerprint density at radius 3 is 2.56 bits per heavy atom. The Balaban J connectivity index is 1.78. The van der Waals surface area contributed by atoms with Crippen molar-refractivity contribution in [2.24, 2.45) is 0 Å². The van der Waals surface area contributed by atoms with Gasteiger partial charge in [0.25, 0.3) is 0 Å². The summed E-state index contributed by atoms with van der Waals surface area (Å²) in [5.41, 5.74) is 4.18. The molecule has 2 aromatic carbocycles. The lowest BCUT2D eigenvalue weighted by molar-refractivity contribution is -0.118. The maximum atomic E-state index is 12.3. The van der Waals surface area contributed by atoms with Crippen LogP contribution in [0.15, 0.2) is 54.6 Å². The third-order valence-electron chi connectivity index (χ3n) is 5.78. The molecule has 0 aliphatic carbocycles. The first-order chi connectivity index (χ1) is 12.0. The molecular formula is C22H24N2O. The normalized spacial score (nSPS) is 23.6. The standard InChI is InChI=1S/C22H24N2O/c1-4-16-9-11-17(12-10-16)13-14-22-21(2,3)18-7-5-6-8-19(18)24(22)15-20(25)23-22/h5-14H,4,15H2,1-3H3,(H,23,25). The fraction of sp³-hybridized carbons (Fsp3) is 0.318. The highest BCUT2D eigenvalue weighted by Gasteiger charge is 2.59. The van der Waals surface area contributed by atoms with E-state index in [0.29, 0.717) is 6.54 Å².